The third-order valence-corrected chi connectivity index (χ3v) is 4.77. The molecule has 0 N–H and O–H groups in total. The van der Waals surface area contributed by atoms with Crippen molar-refractivity contribution in [1.82, 2.24) is 0 Å². The standard InChI is InChI=1S/C19H24O3S/c1-18(2,3)14(20)11-22-15-12-9-7-8-10-13(12)23-16(15)17(21)19(4,5)6/h7-10H,11H2,1-6H3. The summed E-state index contributed by atoms with van der Waals surface area (Å²) in [6, 6.07) is 7.76. The summed E-state index contributed by atoms with van der Waals surface area (Å²) in [4.78, 5) is 25.5. The Bertz CT molecular complexity index is 742. The average Bonchev–Trinajstić information content (AvgIpc) is 2.80. The van der Waals surface area contributed by atoms with Gasteiger partial charge in [0.2, 0.25) is 0 Å². The number of rotatable bonds is 4. The first-order chi connectivity index (χ1) is 10.5. The lowest BCUT2D eigenvalue weighted by Crippen LogP contribution is -2.27. The van der Waals surface area contributed by atoms with E-state index in [9.17, 15) is 9.59 Å². The largest absolute Gasteiger partial charge is 0.484 e. The fourth-order valence-corrected chi connectivity index (χ4v) is 3.31. The number of fused-ring (bicyclic) bond motifs is 1. The Labute approximate surface area is 141 Å². The number of thiophene rings is 1. The zero-order valence-electron chi connectivity index (χ0n) is 14.6. The second-order valence-electron chi connectivity index (χ2n) is 7.80. The Morgan fingerprint density at radius 1 is 1.00 bits per heavy atom. The Balaban J connectivity index is 2.44. The second kappa shape index (κ2) is 6.08. The van der Waals surface area contributed by atoms with E-state index >= 15 is 0 Å². The first-order valence-corrected chi connectivity index (χ1v) is 8.56. The average molecular weight is 332 g/mol. The summed E-state index contributed by atoms with van der Waals surface area (Å²) in [5.74, 6) is 0.599. The number of ketones is 2. The third-order valence-electron chi connectivity index (χ3n) is 3.62. The van der Waals surface area contributed by atoms with Crippen LogP contribution in [-0.2, 0) is 4.79 Å². The maximum absolute atomic E-state index is 12.7. The highest BCUT2D eigenvalue weighted by Crippen LogP contribution is 2.41. The van der Waals surface area contributed by atoms with Gasteiger partial charge in [-0.3, -0.25) is 9.59 Å². The second-order valence-corrected chi connectivity index (χ2v) is 8.85. The van der Waals surface area contributed by atoms with Crippen LogP contribution in [-0.4, -0.2) is 18.2 Å². The van der Waals surface area contributed by atoms with Crippen LogP contribution in [0.2, 0.25) is 0 Å². The van der Waals surface area contributed by atoms with Crippen LogP contribution in [0.4, 0.5) is 0 Å². The van der Waals surface area contributed by atoms with Crippen molar-refractivity contribution in [2.45, 2.75) is 41.5 Å². The smallest absolute Gasteiger partial charge is 0.181 e. The van der Waals surface area contributed by atoms with Crippen molar-refractivity contribution >= 4 is 33.0 Å². The van der Waals surface area contributed by atoms with Crippen molar-refractivity contribution in [2.24, 2.45) is 10.8 Å². The molecule has 0 spiro atoms. The Hall–Kier alpha value is -1.68. The minimum absolute atomic E-state index is 0.0157. The summed E-state index contributed by atoms with van der Waals surface area (Å²) in [6.07, 6.45) is 0. The number of hydrogen-bond acceptors (Lipinski definition) is 4. The van der Waals surface area contributed by atoms with Gasteiger partial charge in [0, 0.05) is 20.9 Å². The normalized spacial score (nSPS) is 12.4. The van der Waals surface area contributed by atoms with Crippen LogP contribution in [0.25, 0.3) is 10.1 Å². The Kier molecular flexibility index (Phi) is 4.67. The minimum Gasteiger partial charge on any atom is -0.484 e. The van der Waals surface area contributed by atoms with Crippen LogP contribution in [0.3, 0.4) is 0 Å². The first-order valence-electron chi connectivity index (χ1n) is 7.74. The van der Waals surface area contributed by atoms with E-state index in [0.717, 1.165) is 10.1 Å². The molecule has 1 aromatic heterocycles. The van der Waals surface area contributed by atoms with E-state index in [-0.39, 0.29) is 18.2 Å². The molecule has 0 aliphatic rings. The van der Waals surface area contributed by atoms with Gasteiger partial charge >= 0.3 is 0 Å². The van der Waals surface area contributed by atoms with Crippen LogP contribution < -0.4 is 4.74 Å². The van der Waals surface area contributed by atoms with Gasteiger partial charge in [-0.15, -0.1) is 11.3 Å². The predicted octanol–water partition coefficient (Wildman–Crippen LogP) is 5.12. The van der Waals surface area contributed by atoms with Gasteiger partial charge in [-0.1, -0.05) is 53.7 Å². The van der Waals surface area contributed by atoms with Crippen molar-refractivity contribution in [3.8, 4) is 5.75 Å². The van der Waals surface area contributed by atoms with E-state index in [1.165, 1.54) is 11.3 Å². The number of ether oxygens (including phenoxy) is 1. The zero-order chi connectivity index (χ0) is 17.4. The Morgan fingerprint density at radius 2 is 1.61 bits per heavy atom. The predicted molar refractivity (Wildman–Crippen MR) is 95.6 cm³/mol. The van der Waals surface area contributed by atoms with Crippen molar-refractivity contribution < 1.29 is 14.3 Å². The maximum atomic E-state index is 12.7. The van der Waals surface area contributed by atoms with E-state index in [0.29, 0.717) is 10.6 Å². The highest BCUT2D eigenvalue weighted by atomic mass is 32.1. The number of benzene rings is 1. The molecular weight excluding hydrogens is 308 g/mol. The molecule has 1 aromatic carbocycles. The summed E-state index contributed by atoms with van der Waals surface area (Å²) < 4.78 is 6.83. The van der Waals surface area contributed by atoms with E-state index in [2.05, 4.69) is 0 Å². The molecule has 3 nitrogen and oxygen atoms in total. The molecular formula is C19H24O3S. The monoisotopic (exact) mass is 332 g/mol. The lowest BCUT2D eigenvalue weighted by Gasteiger charge is -2.19. The Morgan fingerprint density at radius 3 is 2.17 bits per heavy atom. The molecule has 1 heterocycles. The van der Waals surface area contributed by atoms with Gasteiger partial charge in [0.05, 0.1) is 0 Å². The summed E-state index contributed by atoms with van der Waals surface area (Å²) >= 11 is 1.43. The van der Waals surface area contributed by atoms with Crippen molar-refractivity contribution in [2.75, 3.05) is 6.61 Å². The maximum Gasteiger partial charge on any atom is 0.181 e. The fraction of sp³-hybridized carbons (Fsp3) is 0.474. The number of carbonyl (C=O) groups excluding carboxylic acids is 2. The van der Waals surface area contributed by atoms with Crippen LogP contribution in [0, 0.1) is 10.8 Å². The molecule has 2 aromatic rings. The van der Waals surface area contributed by atoms with Crippen LogP contribution in [0.1, 0.15) is 51.2 Å². The minimum atomic E-state index is -0.493. The quantitative estimate of drug-likeness (QED) is 0.729. The molecule has 0 saturated heterocycles. The molecule has 0 unspecified atom stereocenters. The number of hydrogen-bond donors (Lipinski definition) is 0. The molecule has 0 aliphatic carbocycles. The molecule has 0 amide bonds. The molecule has 0 radical (unpaired) electrons. The molecule has 2 rings (SSSR count). The summed E-state index contributed by atoms with van der Waals surface area (Å²) in [5.41, 5.74) is -0.951. The molecule has 4 heteroatoms. The lowest BCUT2D eigenvalue weighted by atomic mass is 9.89. The van der Waals surface area contributed by atoms with Crippen LogP contribution in [0.15, 0.2) is 24.3 Å². The number of Topliss-reactive ketones (excluding diaryl/α,β-unsaturated/α-hetero) is 2. The molecule has 0 saturated carbocycles. The lowest BCUT2D eigenvalue weighted by molar-refractivity contribution is -0.128. The van der Waals surface area contributed by atoms with Gasteiger partial charge in [0.15, 0.2) is 11.6 Å². The topological polar surface area (TPSA) is 43.4 Å². The summed E-state index contributed by atoms with van der Waals surface area (Å²) in [5, 5.41) is 0.895. The van der Waals surface area contributed by atoms with Crippen molar-refractivity contribution in [3.05, 3.63) is 29.1 Å². The molecule has 124 valence electrons. The van der Waals surface area contributed by atoms with E-state index in [4.69, 9.17) is 4.74 Å². The molecule has 0 fully saturated rings. The third kappa shape index (κ3) is 3.81. The highest BCUT2D eigenvalue weighted by Gasteiger charge is 2.30. The van der Waals surface area contributed by atoms with Crippen molar-refractivity contribution in [1.29, 1.82) is 0 Å². The van der Waals surface area contributed by atoms with Gasteiger partial charge in [0.25, 0.3) is 0 Å². The van der Waals surface area contributed by atoms with Crippen LogP contribution >= 0.6 is 11.3 Å². The fourth-order valence-electron chi connectivity index (χ4n) is 2.01. The number of carbonyl (C=O) groups is 2. The van der Waals surface area contributed by atoms with Gasteiger partial charge in [-0.05, 0) is 12.1 Å². The van der Waals surface area contributed by atoms with E-state index in [1.54, 1.807) is 0 Å². The van der Waals surface area contributed by atoms with Gasteiger partial charge in [-0.25, -0.2) is 0 Å². The molecule has 0 atom stereocenters. The molecule has 0 bridgehead atoms. The van der Waals surface area contributed by atoms with Crippen LogP contribution in [0.5, 0.6) is 5.75 Å². The van der Waals surface area contributed by atoms with Gasteiger partial charge < -0.3 is 4.74 Å². The van der Waals surface area contributed by atoms with E-state index < -0.39 is 10.8 Å². The molecule has 23 heavy (non-hydrogen) atoms. The van der Waals surface area contributed by atoms with Crippen molar-refractivity contribution in [3.63, 3.8) is 0 Å². The summed E-state index contributed by atoms with van der Waals surface area (Å²) in [6.45, 7) is 11.3. The first kappa shape index (κ1) is 17.7. The molecule has 0 aliphatic heterocycles. The van der Waals surface area contributed by atoms with Gasteiger partial charge in [0.1, 0.15) is 17.2 Å². The van der Waals surface area contributed by atoms with Gasteiger partial charge in [-0.2, -0.15) is 0 Å². The zero-order valence-corrected chi connectivity index (χ0v) is 15.5. The SMILES string of the molecule is CC(C)(C)C(=O)COc1c(C(=O)C(C)(C)C)sc2ccccc12. The highest BCUT2D eigenvalue weighted by molar-refractivity contribution is 7.21. The summed E-state index contributed by atoms with van der Waals surface area (Å²) in [7, 11) is 0. The van der Waals surface area contributed by atoms with E-state index in [1.807, 2.05) is 65.8 Å².